The minimum absolute atomic E-state index is 0.124. The highest BCUT2D eigenvalue weighted by atomic mass is 32.1. The van der Waals surface area contributed by atoms with Gasteiger partial charge >= 0.3 is 0 Å². The van der Waals surface area contributed by atoms with Crippen molar-refractivity contribution in [3.63, 3.8) is 0 Å². The van der Waals surface area contributed by atoms with Crippen molar-refractivity contribution in [2.75, 3.05) is 0 Å². The summed E-state index contributed by atoms with van der Waals surface area (Å²) >= 11 is 1.68. The number of rotatable bonds is 8. The summed E-state index contributed by atoms with van der Waals surface area (Å²) in [5.41, 5.74) is 5.23. The highest BCUT2D eigenvalue weighted by Gasteiger charge is 2.20. The van der Waals surface area contributed by atoms with Gasteiger partial charge in [-0.1, -0.05) is 135 Å². The van der Waals surface area contributed by atoms with Crippen molar-refractivity contribution < 1.29 is 23.0 Å². The summed E-state index contributed by atoms with van der Waals surface area (Å²) in [6.07, 6.45) is 5.25. The molecular formula is C47H35N3OS. The predicted molar refractivity (Wildman–Crippen MR) is 214 cm³/mol. The third-order valence-electron chi connectivity index (χ3n) is 8.92. The lowest BCUT2D eigenvalue weighted by molar-refractivity contribution is -0.571. The molecule has 0 atom stereocenters. The summed E-state index contributed by atoms with van der Waals surface area (Å²) in [6, 6.07) is 24.3. The Balaban J connectivity index is 1.21. The van der Waals surface area contributed by atoms with Crippen molar-refractivity contribution in [3.05, 3.63) is 181 Å². The molecule has 0 amide bonds. The van der Waals surface area contributed by atoms with E-state index in [4.69, 9.17) is 23.4 Å². The van der Waals surface area contributed by atoms with E-state index in [9.17, 15) is 0 Å². The van der Waals surface area contributed by atoms with Crippen LogP contribution in [0.15, 0.2) is 169 Å². The van der Waals surface area contributed by atoms with Crippen LogP contribution in [0.25, 0.3) is 66.0 Å². The summed E-state index contributed by atoms with van der Waals surface area (Å²) in [6.45, 7) is 4.37. The zero-order valence-electron chi connectivity index (χ0n) is 38.1. The van der Waals surface area contributed by atoms with Gasteiger partial charge in [0.2, 0.25) is 0 Å². The van der Waals surface area contributed by atoms with Gasteiger partial charge in [-0.2, -0.15) is 0 Å². The molecule has 3 heterocycles. The first-order valence-corrected chi connectivity index (χ1v) is 17.6. The van der Waals surface area contributed by atoms with Crippen LogP contribution in [0.2, 0.25) is 0 Å². The Bertz CT molecular complexity index is 3140. The second-order valence-corrected chi connectivity index (χ2v) is 13.4. The van der Waals surface area contributed by atoms with E-state index in [1.807, 2.05) is 79.0 Å². The molecule has 0 fully saturated rings. The topological polar surface area (TPSA) is 30.9 Å². The van der Waals surface area contributed by atoms with E-state index in [2.05, 4.69) is 31.6 Å². The molecule has 52 heavy (non-hydrogen) atoms. The molecule has 0 radical (unpaired) electrons. The van der Waals surface area contributed by atoms with Gasteiger partial charge in [0.05, 0.1) is 46.5 Å². The molecule has 0 saturated heterocycles. The van der Waals surface area contributed by atoms with Gasteiger partial charge < -0.3 is 4.74 Å². The number of ether oxygens (including phenoxy) is 1. The average Bonchev–Trinajstić information content (AvgIpc) is 3.90. The lowest BCUT2D eigenvalue weighted by Gasteiger charge is -2.17. The van der Waals surface area contributed by atoms with E-state index < -0.39 is 60.4 Å². The summed E-state index contributed by atoms with van der Waals surface area (Å²) < 4.78 is 97.4. The maximum Gasteiger partial charge on any atom is 0.269 e. The number of pyridine rings is 1. The van der Waals surface area contributed by atoms with Gasteiger partial charge in [0, 0.05) is 11.8 Å². The van der Waals surface area contributed by atoms with Gasteiger partial charge in [-0.3, -0.25) is 14.1 Å². The number of imidazole rings is 1. The molecule has 5 heteroatoms. The number of nitrogens with zero attached hydrogens (tertiary/aromatic N) is 3. The summed E-state index contributed by atoms with van der Waals surface area (Å²) in [4.78, 5) is 4.75. The zero-order chi connectivity index (χ0) is 43.7. The normalized spacial score (nSPS) is 14.1. The highest BCUT2D eigenvalue weighted by Crippen LogP contribution is 2.38. The number of para-hydroxylation sites is 3. The van der Waals surface area contributed by atoms with Crippen LogP contribution in [0.1, 0.15) is 39.0 Å². The first kappa shape index (κ1) is 22.5. The Kier molecular flexibility index (Phi) is 5.82. The molecule has 9 aromatic rings. The first-order chi connectivity index (χ1) is 29.8. The molecule has 9 rings (SSSR count). The van der Waals surface area contributed by atoms with Crippen LogP contribution in [-0.2, 0) is 0 Å². The zero-order valence-corrected chi connectivity index (χ0v) is 28.9. The lowest BCUT2D eigenvalue weighted by Crippen LogP contribution is -2.31. The Morgan fingerprint density at radius 3 is 2.13 bits per heavy atom. The number of thiophene rings is 1. The van der Waals surface area contributed by atoms with Crippen molar-refractivity contribution in [3.8, 4) is 56.4 Å². The van der Waals surface area contributed by atoms with E-state index in [1.165, 1.54) is 10.9 Å². The van der Waals surface area contributed by atoms with E-state index in [1.54, 1.807) is 38.7 Å². The molecule has 0 N–H and O–H groups in total. The third kappa shape index (κ3) is 5.75. The molecule has 3 aromatic heterocycles. The second kappa shape index (κ2) is 13.4. The molecule has 0 aliphatic rings. The number of aromatic nitrogens is 3. The van der Waals surface area contributed by atoms with Crippen molar-refractivity contribution in [1.29, 1.82) is 0 Å². The smallest absolute Gasteiger partial charge is 0.269 e. The van der Waals surface area contributed by atoms with Crippen LogP contribution in [0.3, 0.4) is 0 Å². The molecule has 6 aromatic carbocycles. The lowest BCUT2D eigenvalue weighted by atomic mass is 9.95. The fourth-order valence-electron chi connectivity index (χ4n) is 6.54. The summed E-state index contributed by atoms with van der Waals surface area (Å²) in [5, 5.41) is 3.39. The van der Waals surface area contributed by atoms with E-state index in [0.29, 0.717) is 34.1 Å². The van der Waals surface area contributed by atoms with Crippen LogP contribution in [-0.4, -0.2) is 9.55 Å². The van der Waals surface area contributed by atoms with Gasteiger partial charge in [-0.05, 0) is 80.9 Å². The van der Waals surface area contributed by atoms with Crippen molar-refractivity contribution in [2.45, 2.75) is 19.8 Å². The molecule has 0 bridgehead atoms. The van der Waals surface area contributed by atoms with Crippen LogP contribution >= 0.6 is 11.3 Å². The second-order valence-electron chi connectivity index (χ2n) is 12.5. The Labute approximate surface area is 321 Å². The van der Waals surface area contributed by atoms with Crippen LogP contribution < -0.4 is 9.30 Å². The summed E-state index contributed by atoms with van der Waals surface area (Å²) in [5.74, 6) is 1.51. The quantitative estimate of drug-likeness (QED) is 0.117. The maximum absolute atomic E-state index is 8.95. The Morgan fingerprint density at radius 1 is 0.731 bits per heavy atom. The van der Waals surface area contributed by atoms with Gasteiger partial charge in [0.25, 0.3) is 6.33 Å². The molecule has 0 aliphatic heterocycles. The van der Waals surface area contributed by atoms with Gasteiger partial charge in [0.1, 0.15) is 11.5 Å². The fraction of sp³-hybridized carbons (Fsp3) is 0.0638. The fourth-order valence-corrected chi connectivity index (χ4v) is 7.78. The maximum atomic E-state index is 8.95. The molecule has 0 saturated carbocycles. The van der Waals surface area contributed by atoms with Crippen molar-refractivity contribution in [1.82, 2.24) is 9.55 Å². The van der Waals surface area contributed by atoms with Crippen LogP contribution in [0, 0.1) is 6.33 Å². The predicted octanol–water partition coefficient (Wildman–Crippen LogP) is 12.2. The summed E-state index contributed by atoms with van der Waals surface area (Å²) in [7, 11) is 0. The van der Waals surface area contributed by atoms with E-state index in [-0.39, 0.29) is 27.9 Å². The molecular weight excluding hydrogens is 655 g/mol. The standard InChI is InChI=1S/C47H35N3OS/c1-32(2)42-30-52-47-41(42)26-27-48-45(47)35-18-11-20-37(28-35)51-38-21-12-19-36(29-38)49-31-50(44-25-10-9-24-43(44)49)46-39(33-14-5-3-6-15-33)22-13-23-40(46)34-16-7-4-8-17-34/h3-30,32H,1-2H3/i3D,4D,5D,6D,7D,8D,14D,15D,16D,17D. The van der Waals surface area contributed by atoms with Gasteiger partial charge in [-0.15, -0.1) is 11.3 Å². The SMILES string of the molecule is [2H]c1c([2H])c([2H])c(-c2cccc(-c3c([2H])c([2H])c([2H])c([2H])c3[2H])c2-[n+]2[c-]n(-c3cccc(Oc4cccc(-c5nccc6c(C(C)C)csc56)c4)c3)c3ccccc32)c([2H])c1[2H]. The average molecular weight is 700 g/mol. The largest absolute Gasteiger partial charge is 0.458 e. The highest BCUT2D eigenvalue weighted by molar-refractivity contribution is 7.18. The van der Waals surface area contributed by atoms with Crippen molar-refractivity contribution >= 4 is 32.5 Å². The van der Waals surface area contributed by atoms with Crippen LogP contribution in [0.5, 0.6) is 11.5 Å². The minimum atomic E-state index is -0.562. The van der Waals surface area contributed by atoms with Gasteiger partial charge in [-0.25, -0.2) is 0 Å². The number of benzene rings is 6. The third-order valence-corrected chi connectivity index (χ3v) is 9.94. The van der Waals surface area contributed by atoms with E-state index in [0.717, 1.165) is 16.0 Å². The monoisotopic (exact) mass is 699 g/mol. The van der Waals surface area contributed by atoms with Crippen LogP contribution in [0.4, 0.5) is 0 Å². The Hall–Kier alpha value is -6.30. The van der Waals surface area contributed by atoms with Crippen molar-refractivity contribution in [2.24, 2.45) is 0 Å². The molecule has 0 aliphatic carbocycles. The first-order valence-electron chi connectivity index (χ1n) is 21.7. The molecule has 0 spiro atoms. The number of hydrogen-bond acceptors (Lipinski definition) is 3. The molecule has 250 valence electrons. The Morgan fingerprint density at radius 2 is 1.40 bits per heavy atom. The molecule has 4 nitrogen and oxygen atoms in total. The molecule has 0 unspecified atom stereocenters. The number of fused-ring (bicyclic) bond motifs is 2. The van der Waals surface area contributed by atoms with Gasteiger partial charge in [0.15, 0.2) is 0 Å². The van der Waals surface area contributed by atoms with E-state index >= 15 is 0 Å². The minimum Gasteiger partial charge on any atom is -0.458 e. The number of hydrogen-bond donors (Lipinski definition) is 0.